The Labute approximate surface area is 101 Å². The van der Waals surface area contributed by atoms with Crippen molar-refractivity contribution in [2.45, 2.75) is 12.6 Å². The molecule has 0 spiro atoms. The lowest BCUT2D eigenvalue weighted by Crippen LogP contribution is -2.09. The molecule has 0 aliphatic rings. The molecule has 0 amide bonds. The monoisotopic (exact) mass is 266 g/mol. The minimum atomic E-state index is -4.48. The Bertz CT molecular complexity index is 416. The lowest BCUT2D eigenvalue weighted by atomic mass is 10.0. The van der Waals surface area contributed by atoms with Crippen LogP contribution in [0.15, 0.2) is 18.2 Å². The Morgan fingerprint density at radius 3 is 2.53 bits per heavy atom. The molecule has 2 nitrogen and oxygen atoms in total. The van der Waals surface area contributed by atoms with Gasteiger partial charge in [0, 0.05) is 12.3 Å². The van der Waals surface area contributed by atoms with Crippen molar-refractivity contribution in [3.05, 3.63) is 29.3 Å². The van der Waals surface area contributed by atoms with E-state index in [4.69, 9.17) is 16.3 Å². The number of carbonyl (C=O) groups excluding carboxylic acids is 1. The third-order valence-corrected chi connectivity index (χ3v) is 2.34. The number of hydrogen-bond acceptors (Lipinski definition) is 2. The predicted octanol–water partition coefficient (Wildman–Crippen LogP) is 3.53. The van der Waals surface area contributed by atoms with Crippen molar-refractivity contribution < 1.29 is 22.7 Å². The number of methoxy groups -OCH3 is 1. The zero-order chi connectivity index (χ0) is 13.1. The summed E-state index contributed by atoms with van der Waals surface area (Å²) in [6.45, 7) is 0. The van der Waals surface area contributed by atoms with Crippen LogP contribution in [0.3, 0.4) is 0 Å². The van der Waals surface area contributed by atoms with E-state index in [0.29, 0.717) is 0 Å². The molecule has 0 aliphatic carbocycles. The predicted molar refractivity (Wildman–Crippen MR) is 57.7 cm³/mol. The highest BCUT2D eigenvalue weighted by atomic mass is 35.5. The summed E-state index contributed by atoms with van der Waals surface area (Å²) < 4.78 is 42.3. The standard InChI is InChI=1S/C11H10ClF3O2/c1-17-10-3-2-7(11(13,14)15)6-8(10)9(16)4-5-12/h2-3,6H,4-5H2,1H3. The molecule has 0 aromatic heterocycles. The van der Waals surface area contributed by atoms with Gasteiger partial charge < -0.3 is 4.74 Å². The molecular weight excluding hydrogens is 257 g/mol. The third kappa shape index (κ3) is 3.36. The SMILES string of the molecule is COc1ccc(C(F)(F)F)cc1C(=O)CCCl. The number of rotatable bonds is 4. The molecule has 1 aromatic carbocycles. The molecule has 6 heteroatoms. The van der Waals surface area contributed by atoms with Gasteiger partial charge in [0.1, 0.15) is 5.75 Å². The van der Waals surface area contributed by atoms with Gasteiger partial charge in [0.15, 0.2) is 5.78 Å². The Balaban J connectivity index is 3.20. The van der Waals surface area contributed by atoms with E-state index in [1.807, 2.05) is 0 Å². The largest absolute Gasteiger partial charge is 0.496 e. The first-order valence-electron chi connectivity index (χ1n) is 4.74. The van der Waals surface area contributed by atoms with Gasteiger partial charge in [-0.3, -0.25) is 4.79 Å². The average molecular weight is 267 g/mol. The molecule has 0 heterocycles. The van der Waals surface area contributed by atoms with Gasteiger partial charge in [-0.15, -0.1) is 11.6 Å². The number of carbonyl (C=O) groups is 1. The molecule has 0 aliphatic heterocycles. The molecule has 0 bridgehead atoms. The van der Waals surface area contributed by atoms with Gasteiger partial charge in [-0.25, -0.2) is 0 Å². The van der Waals surface area contributed by atoms with Crippen LogP contribution in [0.4, 0.5) is 13.2 Å². The van der Waals surface area contributed by atoms with Gasteiger partial charge in [-0.1, -0.05) is 0 Å². The molecule has 0 N–H and O–H groups in total. The first-order chi connectivity index (χ1) is 7.90. The van der Waals surface area contributed by atoms with E-state index in [1.165, 1.54) is 7.11 Å². The third-order valence-electron chi connectivity index (χ3n) is 2.15. The van der Waals surface area contributed by atoms with E-state index in [1.54, 1.807) is 0 Å². The Morgan fingerprint density at radius 2 is 2.06 bits per heavy atom. The number of halogens is 4. The van der Waals surface area contributed by atoms with E-state index in [9.17, 15) is 18.0 Å². The lowest BCUT2D eigenvalue weighted by Gasteiger charge is -2.11. The molecule has 0 saturated heterocycles. The number of ketones is 1. The Hall–Kier alpha value is -1.23. The maximum atomic E-state index is 12.5. The summed E-state index contributed by atoms with van der Waals surface area (Å²) >= 11 is 5.39. The fourth-order valence-electron chi connectivity index (χ4n) is 1.32. The molecule has 0 radical (unpaired) electrons. The van der Waals surface area contributed by atoms with Crippen LogP contribution in [0.1, 0.15) is 22.3 Å². The molecule has 0 atom stereocenters. The van der Waals surface area contributed by atoms with Crippen molar-refractivity contribution in [3.63, 3.8) is 0 Å². The highest BCUT2D eigenvalue weighted by Crippen LogP contribution is 2.32. The first kappa shape index (κ1) is 13.8. The van der Waals surface area contributed by atoms with Crippen molar-refractivity contribution in [2.75, 3.05) is 13.0 Å². The molecule has 0 fully saturated rings. The number of alkyl halides is 4. The van der Waals surface area contributed by atoms with E-state index < -0.39 is 17.5 Å². The summed E-state index contributed by atoms with van der Waals surface area (Å²) in [5.41, 5.74) is -0.973. The van der Waals surface area contributed by atoms with E-state index >= 15 is 0 Å². The van der Waals surface area contributed by atoms with Crippen LogP contribution < -0.4 is 4.74 Å². The van der Waals surface area contributed by atoms with Gasteiger partial charge in [0.05, 0.1) is 18.2 Å². The second kappa shape index (κ2) is 5.40. The lowest BCUT2D eigenvalue weighted by molar-refractivity contribution is -0.137. The zero-order valence-electron chi connectivity index (χ0n) is 8.97. The molecule has 17 heavy (non-hydrogen) atoms. The average Bonchev–Trinajstić information content (AvgIpc) is 2.27. The molecular formula is C11H10ClF3O2. The van der Waals surface area contributed by atoms with Crippen LogP contribution in [0, 0.1) is 0 Å². The smallest absolute Gasteiger partial charge is 0.416 e. The van der Waals surface area contributed by atoms with Crippen molar-refractivity contribution in [2.24, 2.45) is 0 Å². The topological polar surface area (TPSA) is 26.3 Å². The normalized spacial score (nSPS) is 11.4. The quantitative estimate of drug-likeness (QED) is 0.616. The van der Waals surface area contributed by atoms with Gasteiger partial charge >= 0.3 is 6.18 Å². The molecule has 1 rings (SSSR count). The summed E-state index contributed by atoms with van der Waals surface area (Å²) in [7, 11) is 1.29. The summed E-state index contributed by atoms with van der Waals surface area (Å²) in [4.78, 5) is 11.6. The van der Waals surface area contributed by atoms with E-state index in [0.717, 1.165) is 18.2 Å². The van der Waals surface area contributed by atoms with E-state index in [-0.39, 0.29) is 23.6 Å². The maximum Gasteiger partial charge on any atom is 0.416 e. The maximum absolute atomic E-state index is 12.5. The van der Waals surface area contributed by atoms with Crippen LogP contribution >= 0.6 is 11.6 Å². The fourth-order valence-corrected chi connectivity index (χ4v) is 1.49. The van der Waals surface area contributed by atoms with Crippen LogP contribution in [-0.4, -0.2) is 18.8 Å². The zero-order valence-corrected chi connectivity index (χ0v) is 9.73. The number of Topliss-reactive ketones (excluding diaryl/α,β-unsaturated/α-hetero) is 1. The highest BCUT2D eigenvalue weighted by molar-refractivity contribution is 6.19. The van der Waals surface area contributed by atoms with Crippen LogP contribution in [-0.2, 0) is 6.18 Å². The molecule has 94 valence electrons. The van der Waals surface area contributed by atoms with E-state index in [2.05, 4.69) is 0 Å². The van der Waals surface area contributed by atoms with Crippen LogP contribution in [0.25, 0.3) is 0 Å². The second-order valence-electron chi connectivity index (χ2n) is 3.27. The van der Waals surface area contributed by atoms with Crippen molar-refractivity contribution in [1.29, 1.82) is 0 Å². The van der Waals surface area contributed by atoms with Crippen LogP contribution in [0.5, 0.6) is 5.75 Å². The van der Waals surface area contributed by atoms with Gasteiger partial charge in [0.25, 0.3) is 0 Å². The van der Waals surface area contributed by atoms with Gasteiger partial charge in [-0.05, 0) is 18.2 Å². The van der Waals surface area contributed by atoms with Crippen molar-refractivity contribution >= 4 is 17.4 Å². The minimum absolute atomic E-state index is 0.0285. The van der Waals surface area contributed by atoms with Crippen LogP contribution in [0.2, 0.25) is 0 Å². The summed E-state index contributed by atoms with van der Waals surface area (Å²) in [5, 5.41) is 0. The Kier molecular flexibility index (Phi) is 4.40. The minimum Gasteiger partial charge on any atom is -0.496 e. The summed E-state index contributed by atoms with van der Waals surface area (Å²) in [5.74, 6) is -0.297. The molecule has 0 unspecified atom stereocenters. The summed E-state index contributed by atoms with van der Waals surface area (Å²) in [6, 6.07) is 2.79. The second-order valence-corrected chi connectivity index (χ2v) is 3.65. The number of benzene rings is 1. The van der Waals surface area contributed by atoms with Crippen molar-refractivity contribution in [1.82, 2.24) is 0 Å². The van der Waals surface area contributed by atoms with Gasteiger partial charge in [0.2, 0.25) is 0 Å². The highest BCUT2D eigenvalue weighted by Gasteiger charge is 2.31. The van der Waals surface area contributed by atoms with Crippen molar-refractivity contribution in [3.8, 4) is 5.75 Å². The molecule has 0 saturated carbocycles. The summed E-state index contributed by atoms with van der Waals surface area (Å²) in [6.07, 6.45) is -4.51. The first-order valence-corrected chi connectivity index (χ1v) is 5.28. The molecule has 1 aromatic rings. The fraction of sp³-hybridized carbons (Fsp3) is 0.364. The number of hydrogen-bond donors (Lipinski definition) is 0. The van der Waals surface area contributed by atoms with Gasteiger partial charge in [-0.2, -0.15) is 13.2 Å². The number of ether oxygens (including phenoxy) is 1. The Morgan fingerprint density at radius 1 is 1.41 bits per heavy atom.